The van der Waals surface area contributed by atoms with Crippen LogP contribution in [0.15, 0.2) is 18.2 Å². The molecule has 0 aliphatic rings. The Balaban J connectivity index is 2.64. The summed E-state index contributed by atoms with van der Waals surface area (Å²) in [5, 5.41) is 1.35. The van der Waals surface area contributed by atoms with Gasteiger partial charge in [0.2, 0.25) is 0 Å². The van der Waals surface area contributed by atoms with Gasteiger partial charge in [-0.15, -0.1) is 0 Å². The van der Waals surface area contributed by atoms with Crippen molar-refractivity contribution in [1.29, 1.82) is 0 Å². The standard InChI is InChI=1S/C11H16Cl2N2/c12-8-4-5-10(13)9(7-8)11(15)3-1-2-6-14/h4-5,7,11H,1-3,6,14-15H2/t11-/m1/s1. The topological polar surface area (TPSA) is 52.0 Å². The van der Waals surface area contributed by atoms with E-state index in [0.29, 0.717) is 16.6 Å². The van der Waals surface area contributed by atoms with Crippen molar-refractivity contribution in [3.63, 3.8) is 0 Å². The van der Waals surface area contributed by atoms with Crippen molar-refractivity contribution in [3.05, 3.63) is 33.8 Å². The molecular formula is C11H16Cl2N2. The van der Waals surface area contributed by atoms with Gasteiger partial charge in [0.15, 0.2) is 0 Å². The van der Waals surface area contributed by atoms with E-state index in [4.69, 9.17) is 34.7 Å². The highest BCUT2D eigenvalue weighted by atomic mass is 35.5. The van der Waals surface area contributed by atoms with E-state index in [0.717, 1.165) is 24.8 Å². The predicted octanol–water partition coefficient (Wildman–Crippen LogP) is 3.12. The maximum absolute atomic E-state index is 6.04. The summed E-state index contributed by atoms with van der Waals surface area (Å²) in [6.07, 6.45) is 2.89. The van der Waals surface area contributed by atoms with Crippen LogP contribution in [0.2, 0.25) is 10.0 Å². The molecule has 2 nitrogen and oxygen atoms in total. The van der Waals surface area contributed by atoms with Gasteiger partial charge in [0, 0.05) is 16.1 Å². The fourth-order valence-electron chi connectivity index (χ4n) is 1.46. The van der Waals surface area contributed by atoms with Crippen LogP contribution < -0.4 is 11.5 Å². The lowest BCUT2D eigenvalue weighted by Crippen LogP contribution is -2.11. The Morgan fingerprint density at radius 2 is 1.93 bits per heavy atom. The molecule has 0 spiro atoms. The van der Waals surface area contributed by atoms with E-state index in [-0.39, 0.29) is 6.04 Å². The first-order valence-corrected chi connectivity index (χ1v) is 5.81. The van der Waals surface area contributed by atoms with Gasteiger partial charge in [-0.05, 0) is 43.1 Å². The zero-order chi connectivity index (χ0) is 11.3. The van der Waals surface area contributed by atoms with Gasteiger partial charge in [-0.3, -0.25) is 0 Å². The Morgan fingerprint density at radius 3 is 2.60 bits per heavy atom. The fourth-order valence-corrected chi connectivity index (χ4v) is 1.90. The number of unbranched alkanes of at least 4 members (excludes halogenated alkanes) is 1. The second kappa shape index (κ2) is 6.33. The number of hydrogen-bond donors (Lipinski definition) is 2. The third-order valence-corrected chi connectivity index (χ3v) is 2.91. The van der Waals surface area contributed by atoms with Crippen molar-refractivity contribution < 1.29 is 0 Å². The number of hydrogen-bond acceptors (Lipinski definition) is 2. The number of nitrogens with two attached hydrogens (primary N) is 2. The van der Waals surface area contributed by atoms with E-state index in [9.17, 15) is 0 Å². The number of rotatable bonds is 5. The van der Waals surface area contributed by atoms with Crippen molar-refractivity contribution in [1.82, 2.24) is 0 Å². The zero-order valence-electron chi connectivity index (χ0n) is 8.55. The summed E-state index contributed by atoms with van der Waals surface area (Å²) in [6, 6.07) is 5.32. The van der Waals surface area contributed by atoms with Crippen LogP contribution in [-0.2, 0) is 0 Å². The Hall–Kier alpha value is -0.280. The molecule has 1 aromatic carbocycles. The van der Waals surface area contributed by atoms with Crippen LogP contribution in [0, 0.1) is 0 Å². The fraction of sp³-hybridized carbons (Fsp3) is 0.455. The van der Waals surface area contributed by atoms with Gasteiger partial charge in [-0.2, -0.15) is 0 Å². The van der Waals surface area contributed by atoms with Gasteiger partial charge in [0.05, 0.1) is 0 Å². The van der Waals surface area contributed by atoms with Crippen molar-refractivity contribution in [2.24, 2.45) is 11.5 Å². The summed E-state index contributed by atoms with van der Waals surface area (Å²) in [5.41, 5.74) is 12.4. The Morgan fingerprint density at radius 1 is 1.20 bits per heavy atom. The van der Waals surface area contributed by atoms with Gasteiger partial charge >= 0.3 is 0 Å². The minimum Gasteiger partial charge on any atom is -0.330 e. The van der Waals surface area contributed by atoms with E-state index < -0.39 is 0 Å². The summed E-state index contributed by atoms with van der Waals surface area (Å²) in [4.78, 5) is 0. The molecule has 0 radical (unpaired) electrons. The average Bonchev–Trinajstić information content (AvgIpc) is 2.22. The monoisotopic (exact) mass is 246 g/mol. The molecule has 0 bridgehead atoms. The SMILES string of the molecule is NCCCC[C@@H](N)c1cc(Cl)ccc1Cl. The van der Waals surface area contributed by atoms with Gasteiger partial charge < -0.3 is 11.5 Å². The molecular weight excluding hydrogens is 231 g/mol. The van der Waals surface area contributed by atoms with Gasteiger partial charge in [-0.25, -0.2) is 0 Å². The number of benzene rings is 1. The van der Waals surface area contributed by atoms with Gasteiger partial charge in [0.1, 0.15) is 0 Å². The molecule has 0 amide bonds. The summed E-state index contributed by atoms with van der Waals surface area (Å²) >= 11 is 11.9. The quantitative estimate of drug-likeness (QED) is 0.785. The van der Waals surface area contributed by atoms with Gasteiger partial charge in [-0.1, -0.05) is 29.6 Å². The first-order valence-electron chi connectivity index (χ1n) is 5.05. The molecule has 0 saturated heterocycles. The molecule has 0 unspecified atom stereocenters. The molecule has 0 fully saturated rings. The Labute approximate surface area is 101 Å². The van der Waals surface area contributed by atoms with Gasteiger partial charge in [0.25, 0.3) is 0 Å². The molecule has 4 heteroatoms. The molecule has 0 aromatic heterocycles. The second-order valence-electron chi connectivity index (χ2n) is 3.56. The lowest BCUT2D eigenvalue weighted by atomic mass is 10.0. The highest BCUT2D eigenvalue weighted by Gasteiger charge is 2.10. The molecule has 0 saturated carbocycles. The number of halogens is 2. The summed E-state index contributed by atoms with van der Waals surface area (Å²) in [7, 11) is 0. The molecule has 0 heterocycles. The van der Waals surface area contributed by atoms with Crippen LogP contribution >= 0.6 is 23.2 Å². The van der Waals surface area contributed by atoms with E-state index in [2.05, 4.69) is 0 Å². The van der Waals surface area contributed by atoms with Crippen molar-refractivity contribution in [2.45, 2.75) is 25.3 Å². The Bertz CT molecular complexity index is 315. The second-order valence-corrected chi connectivity index (χ2v) is 4.40. The summed E-state index contributed by atoms with van der Waals surface area (Å²) < 4.78 is 0. The lowest BCUT2D eigenvalue weighted by Gasteiger charge is -2.13. The summed E-state index contributed by atoms with van der Waals surface area (Å²) in [5.74, 6) is 0. The maximum Gasteiger partial charge on any atom is 0.0454 e. The minimum absolute atomic E-state index is 0.0530. The van der Waals surface area contributed by atoms with Crippen molar-refractivity contribution in [2.75, 3.05) is 6.54 Å². The lowest BCUT2D eigenvalue weighted by molar-refractivity contribution is 0.591. The van der Waals surface area contributed by atoms with E-state index in [1.807, 2.05) is 6.07 Å². The van der Waals surface area contributed by atoms with Crippen LogP contribution in [-0.4, -0.2) is 6.54 Å². The van der Waals surface area contributed by atoms with Crippen molar-refractivity contribution >= 4 is 23.2 Å². The maximum atomic E-state index is 6.04. The summed E-state index contributed by atoms with van der Waals surface area (Å²) in [6.45, 7) is 0.704. The first-order chi connectivity index (χ1) is 7.15. The largest absolute Gasteiger partial charge is 0.330 e. The molecule has 1 rings (SSSR count). The normalized spacial score (nSPS) is 12.8. The van der Waals surface area contributed by atoms with E-state index in [1.165, 1.54) is 0 Å². The smallest absolute Gasteiger partial charge is 0.0454 e. The van der Waals surface area contributed by atoms with Crippen LogP contribution in [0.5, 0.6) is 0 Å². The minimum atomic E-state index is -0.0530. The molecule has 0 aliphatic heterocycles. The van der Waals surface area contributed by atoms with E-state index in [1.54, 1.807) is 12.1 Å². The molecule has 1 aromatic rings. The molecule has 0 aliphatic carbocycles. The van der Waals surface area contributed by atoms with Crippen LogP contribution in [0.4, 0.5) is 0 Å². The van der Waals surface area contributed by atoms with Crippen LogP contribution in [0.25, 0.3) is 0 Å². The highest BCUT2D eigenvalue weighted by Crippen LogP contribution is 2.27. The zero-order valence-corrected chi connectivity index (χ0v) is 10.1. The van der Waals surface area contributed by atoms with Crippen LogP contribution in [0.1, 0.15) is 30.9 Å². The average molecular weight is 247 g/mol. The molecule has 84 valence electrons. The third-order valence-electron chi connectivity index (χ3n) is 2.33. The Kier molecular flexibility index (Phi) is 5.40. The highest BCUT2D eigenvalue weighted by molar-refractivity contribution is 6.33. The first kappa shape index (κ1) is 12.8. The van der Waals surface area contributed by atoms with Crippen molar-refractivity contribution in [3.8, 4) is 0 Å². The molecule has 15 heavy (non-hydrogen) atoms. The third kappa shape index (κ3) is 3.99. The predicted molar refractivity (Wildman–Crippen MR) is 66.3 cm³/mol. The molecule has 1 atom stereocenters. The molecule has 4 N–H and O–H groups in total. The van der Waals surface area contributed by atoms with E-state index >= 15 is 0 Å². The van der Waals surface area contributed by atoms with Crippen LogP contribution in [0.3, 0.4) is 0 Å².